The minimum Gasteiger partial charge on any atom is -0.475 e. The number of hydrogen-bond acceptors (Lipinski definition) is 6. The third kappa shape index (κ3) is 5.97. The summed E-state index contributed by atoms with van der Waals surface area (Å²) in [4.78, 5) is 21.7. The SMILES string of the molecule is O=C(O)C(F)(F)F.c1cncc(CN2CCCC(c3nc4ccc(-c5cccs5)cn4n3)C2)c1. The van der Waals surface area contributed by atoms with E-state index < -0.39 is 12.1 Å². The predicted octanol–water partition coefficient (Wildman–Crippen LogP) is 4.87. The van der Waals surface area contributed by atoms with Crippen molar-refractivity contribution in [3.8, 4) is 10.4 Å². The summed E-state index contributed by atoms with van der Waals surface area (Å²) in [5, 5.41) is 14.0. The minimum absolute atomic E-state index is 0.389. The molecule has 1 fully saturated rings. The van der Waals surface area contributed by atoms with E-state index in [1.165, 1.54) is 22.4 Å². The van der Waals surface area contributed by atoms with Crippen molar-refractivity contribution in [1.82, 2.24) is 24.5 Å². The number of fused-ring (bicyclic) bond motifs is 1. The molecule has 0 bridgehead atoms. The lowest BCUT2D eigenvalue weighted by Gasteiger charge is -2.31. The van der Waals surface area contributed by atoms with Gasteiger partial charge in [-0.05, 0) is 54.6 Å². The zero-order chi connectivity index (χ0) is 24.1. The number of carboxylic acid groups (broad SMARTS) is 1. The Labute approximate surface area is 197 Å². The number of hydrogen-bond donors (Lipinski definition) is 1. The molecule has 5 rings (SSSR count). The normalized spacial score (nSPS) is 16.7. The average molecular weight is 490 g/mol. The second-order valence-corrected chi connectivity index (χ2v) is 8.85. The fourth-order valence-corrected chi connectivity index (χ4v) is 4.54. The van der Waals surface area contributed by atoms with Gasteiger partial charge in [0.05, 0.1) is 0 Å². The Kier molecular flexibility index (Phi) is 7.23. The Morgan fingerprint density at radius 1 is 1.21 bits per heavy atom. The molecule has 178 valence electrons. The minimum atomic E-state index is -5.08. The van der Waals surface area contributed by atoms with Gasteiger partial charge in [0.1, 0.15) is 0 Å². The van der Waals surface area contributed by atoms with E-state index in [9.17, 15) is 13.2 Å². The van der Waals surface area contributed by atoms with Crippen molar-refractivity contribution in [2.75, 3.05) is 13.1 Å². The number of carbonyl (C=O) groups is 1. The van der Waals surface area contributed by atoms with Gasteiger partial charge in [-0.1, -0.05) is 12.1 Å². The Balaban J connectivity index is 0.000000344. The molecule has 4 aromatic heterocycles. The van der Waals surface area contributed by atoms with E-state index >= 15 is 0 Å². The smallest absolute Gasteiger partial charge is 0.475 e. The summed E-state index contributed by atoms with van der Waals surface area (Å²) < 4.78 is 33.7. The van der Waals surface area contributed by atoms with Crippen LogP contribution < -0.4 is 0 Å². The first-order valence-corrected chi connectivity index (χ1v) is 11.5. The summed E-state index contributed by atoms with van der Waals surface area (Å²) in [6.07, 6.45) is 3.12. The summed E-state index contributed by atoms with van der Waals surface area (Å²) in [6.45, 7) is 3.07. The highest BCUT2D eigenvalue weighted by Crippen LogP contribution is 2.28. The number of piperidine rings is 1. The molecule has 0 spiro atoms. The number of aromatic nitrogens is 4. The summed E-state index contributed by atoms with van der Waals surface area (Å²) in [7, 11) is 0. The fraction of sp³-hybridized carbons (Fsp3) is 0.304. The van der Waals surface area contributed by atoms with Crippen LogP contribution in [-0.4, -0.2) is 54.8 Å². The van der Waals surface area contributed by atoms with Gasteiger partial charge in [-0.25, -0.2) is 14.3 Å². The summed E-state index contributed by atoms with van der Waals surface area (Å²) in [5.74, 6) is -1.40. The van der Waals surface area contributed by atoms with Crippen LogP contribution in [0.25, 0.3) is 16.1 Å². The lowest BCUT2D eigenvalue weighted by molar-refractivity contribution is -0.192. The highest BCUT2D eigenvalue weighted by molar-refractivity contribution is 7.13. The third-order valence-electron chi connectivity index (χ3n) is 5.40. The van der Waals surface area contributed by atoms with Crippen LogP contribution in [0.4, 0.5) is 13.2 Å². The van der Waals surface area contributed by atoms with Gasteiger partial charge in [0.25, 0.3) is 0 Å². The highest BCUT2D eigenvalue weighted by Gasteiger charge is 2.38. The first kappa shape index (κ1) is 23.8. The van der Waals surface area contributed by atoms with Gasteiger partial charge in [0.15, 0.2) is 11.5 Å². The molecule has 1 saturated heterocycles. The molecule has 1 atom stereocenters. The van der Waals surface area contributed by atoms with Crippen molar-refractivity contribution in [1.29, 1.82) is 0 Å². The number of aliphatic carboxylic acids is 1. The quantitative estimate of drug-likeness (QED) is 0.441. The Morgan fingerprint density at radius 3 is 2.71 bits per heavy atom. The second kappa shape index (κ2) is 10.3. The van der Waals surface area contributed by atoms with Crippen LogP contribution in [0.5, 0.6) is 0 Å². The van der Waals surface area contributed by atoms with E-state index in [0.29, 0.717) is 5.92 Å². The topological polar surface area (TPSA) is 83.6 Å². The van der Waals surface area contributed by atoms with E-state index in [1.54, 1.807) is 11.3 Å². The second-order valence-electron chi connectivity index (χ2n) is 7.91. The number of pyridine rings is 2. The summed E-state index contributed by atoms with van der Waals surface area (Å²) in [6, 6.07) is 12.6. The Morgan fingerprint density at radius 2 is 2.03 bits per heavy atom. The first-order chi connectivity index (χ1) is 16.3. The van der Waals surface area contributed by atoms with Gasteiger partial charge < -0.3 is 5.11 Å². The zero-order valence-corrected chi connectivity index (χ0v) is 18.8. The third-order valence-corrected chi connectivity index (χ3v) is 6.31. The average Bonchev–Trinajstić information content (AvgIpc) is 3.49. The van der Waals surface area contributed by atoms with Crippen LogP contribution in [0.3, 0.4) is 0 Å². The van der Waals surface area contributed by atoms with E-state index in [2.05, 4.69) is 51.8 Å². The molecule has 34 heavy (non-hydrogen) atoms. The summed E-state index contributed by atoms with van der Waals surface area (Å²) in [5.41, 5.74) is 3.38. The summed E-state index contributed by atoms with van der Waals surface area (Å²) >= 11 is 1.75. The molecular formula is C23H22F3N5O2S. The van der Waals surface area contributed by atoms with Gasteiger partial charge >= 0.3 is 12.1 Å². The van der Waals surface area contributed by atoms with Gasteiger partial charge in [0, 0.05) is 48.0 Å². The van der Waals surface area contributed by atoms with Gasteiger partial charge in [-0.2, -0.15) is 18.3 Å². The number of carboxylic acids is 1. The Hall–Kier alpha value is -3.31. The zero-order valence-electron chi connectivity index (χ0n) is 18.0. The molecule has 4 aromatic rings. The Bertz CT molecular complexity index is 1230. The van der Waals surface area contributed by atoms with Crippen LogP contribution >= 0.6 is 11.3 Å². The van der Waals surface area contributed by atoms with Crippen LogP contribution in [0, 0.1) is 0 Å². The molecule has 0 aromatic carbocycles. The van der Waals surface area contributed by atoms with Gasteiger partial charge in [-0.15, -0.1) is 11.3 Å². The fourth-order valence-electron chi connectivity index (χ4n) is 3.82. The maximum absolute atomic E-state index is 10.6. The van der Waals surface area contributed by atoms with Crippen LogP contribution in [0.2, 0.25) is 0 Å². The van der Waals surface area contributed by atoms with Crippen molar-refractivity contribution < 1.29 is 23.1 Å². The number of rotatable bonds is 4. The standard InChI is InChI=1S/C21H21N5S.C2HF3O2/c1-4-16(12-22-9-1)13-25-10-2-5-18(14-25)21-23-20-8-7-17(15-26(20)24-21)19-6-3-11-27-19;3-2(4,5)1(6)7/h1,3-4,6-9,11-12,15,18H,2,5,10,13-14H2;(H,6,7). The van der Waals surface area contributed by atoms with Crippen molar-refractivity contribution in [2.24, 2.45) is 0 Å². The highest BCUT2D eigenvalue weighted by atomic mass is 32.1. The van der Waals surface area contributed by atoms with Crippen LogP contribution in [0.15, 0.2) is 60.4 Å². The number of halogens is 3. The number of nitrogens with zero attached hydrogens (tertiary/aromatic N) is 5. The molecule has 7 nitrogen and oxygen atoms in total. The van der Waals surface area contributed by atoms with E-state index in [-0.39, 0.29) is 0 Å². The molecule has 1 N–H and O–H groups in total. The van der Waals surface area contributed by atoms with Crippen molar-refractivity contribution in [2.45, 2.75) is 31.5 Å². The first-order valence-electron chi connectivity index (χ1n) is 10.6. The number of likely N-dealkylation sites (tertiary alicyclic amines) is 1. The lowest BCUT2D eigenvalue weighted by atomic mass is 9.97. The van der Waals surface area contributed by atoms with Gasteiger partial charge in [-0.3, -0.25) is 9.88 Å². The molecule has 0 saturated carbocycles. The molecule has 11 heteroatoms. The van der Waals surface area contributed by atoms with Crippen LogP contribution in [-0.2, 0) is 11.3 Å². The maximum Gasteiger partial charge on any atom is 0.490 e. The molecule has 1 aliphatic rings. The molecule has 0 amide bonds. The number of thiophene rings is 1. The molecule has 1 unspecified atom stereocenters. The molecule has 0 aliphatic carbocycles. The molecular weight excluding hydrogens is 467 g/mol. The van der Waals surface area contributed by atoms with Crippen LogP contribution in [0.1, 0.15) is 30.1 Å². The van der Waals surface area contributed by atoms with E-state index in [4.69, 9.17) is 20.0 Å². The number of alkyl halides is 3. The van der Waals surface area contributed by atoms with Crippen molar-refractivity contribution in [3.63, 3.8) is 0 Å². The molecule has 1 aliphatic heterocycles. The van der Waals surface area contributed by atoms with Gasteiger partial charge in [0.2, 0.25) is 0 Å². The van der Waals surface area contributed by atoms with E-state index in [0.717, 1.165) is 37.5 Å². The van der Waals surface area contributed by atoms with Crippen molar-refractivity contribution >= 4 is 23.0 Å². The molecule has 5 heterocycles. The largest absolute Gasteiger partial charge is 0.490 e. The van der Waals surface area contributed by atoms with E-state index in [1.807, 2.05) is 23.0 Å². The van der Waals surface area contributed by atoms with Crippen molar-refractivity contribution in [3.05, 3.63) is 71.8 Å². The lowest BCUT2D eigenvalue weighted by Crippen LogP contribution is -2.34. The maximum atomic E-state index is 10.6. The molecule has 0 radical (unpaired) electrons. The monoisotopic (exact) mass is 489 g/mol. The predicted molar refractivity (Wildman–Crippen MR) is 121 cm³/mol.